The smallest absolute Gasteiger partial charge is 0.133 e. The summed E-state index contributed by atoms with van der Waals surface area (Å²) in [6.45, 7) is 2.02. The summed E-state index contributed by atoms with van der Waals surface area (Å²) in [5, 5.41) is 3.28. The van der Waals surface area contributed by atoms with Crippen LogP contribution in [0.15, 0.2) is 41.0 Å². The molecule has 0 saturated heterocycles. The molecule has 1 aromatic carbocycles. The number of aromatic nitrogens is 1. The van der Waals surface area contributed by atoms with Crippen molar-refractivity contribution in [1.82, 2.24) is 4.98 Å². The monoisotopic (exact) mass is 310 g/mol. The molecule has 0 atom stereocenters. The van der Waals surface area contributed by atoms with E-state index in [1.165, 1.54) is 0 Å². The van der Waals surface area contributed by atoms with Gasteiger partial charge in [-0.15, -0.1) is 11.6 Å². The quantitative estimate of drug-likeness (QED) is 0.836. The molecule has 1 N–H and O–H groups in total. The molecular formula is C13H12BrClN2. The second kappa shape index (κ2) is 5.52. The first-order valence-electron chi connectivity index (χ1n) is 5.23. The number of hydrogen-bond acceptors (Lipinski definition) is 2. The first-order chi connectivity index (χ1) is 8.19. The van der Waals surface area contributed by atoms with E-state index in [0.29, 0.717) is 5.88 Å². The zero-order chi connectivity index (χ0) is 12.3. The van der Waals surface area contributed by atoms with Gasteiger partial charge in [0, 0.05) is 22.2 Å². The number of hydrogen-bond donors (Lipinski definition) is 1. The van der Waals surface area contributed by atoms with Crippen LogP contribution in [-0.2, 0) is 5.88 Å². The maximum Gasteiger partial charge on any atom is 0.133 e. The number of halogens is 2. The lowest BCUT2D eigenvalue weighted by Crippen LogP contribution is -1.96. The average molecular weight is 312 g/mol. The van der Waals surface area contributed by atoms with E-state index in [0.717, 1.165) is 27.1 Å². The minimum absolute atomic E-state index is 0.538. The lowest BCUT2D eigenvalue weighted by atomic mass is 10.2. The molecule has 0 unspecified atom stereocenters. The highest BCUT2D eigenvalue weighted by molar-refractivity contribution is 9.10. The summed E-state index contributed by atoms with van der Waals surface area (Å²) in [6, 6.07) is 10.0. The van der Waals surface area contributed by atoms with Gasteiger partial charge >= 0.3 is 0 Å². The van der Waals surface area contributed by atoms with Crippen LogP contribution in [0.4, 0.5) is 11.5 Å². The van der Waals surface area contributed by atoms with E-state index >= 15 is 0 Å². The van der Waals surface area contributed by atoms with Gasteiger partial charge in [0.25, 0.3) is 0 Å². The number of anilines is 2. The van der Waals surface area contributed by atoms with Gasteiger partial charge in [-0.3, -0.25) is 0 Å². The fraction of sp³-hybridized carbons (Fsp3) is 0.154. The lowest BCUT2D eigenvalue weighted by molar-refractivity contribution is 1.24. The van der Waals surface area contributed by atoms with E-state index in [2.05, 4.69) is 26.2 Å². The van der Waals surface area contributed by atoms with Gasteiger partial charge in [0.15, 0.2) is 0 Å². The summed E-state index contributed by atoms with van der Waals surface area (Å²) < 4.78 is 0.984. The zero-order valence-electron chi connectivity index (χ0n) is 9.37. The number of rotatable bonds is 3. The molecule has 0 amide bonds. The number of alkyl halides is 1. The Morgan fingerprint density at radius 1 is 1.29 bits per heavy atom. The maximum atomic E-state index is 5.74. The molecule has 0 spiro atoms. The summed E-state index contributed by atoms with van der Waals surface area (Å²) in [4.78, 5) is 4.33. The Balaban J connectivity index is 2.19. The van der Waals surface area contributed by atoms with Gasteiger partial charge in [-0.2, -0.15) is 0 Å². The third-order valence-electron chi connectivity index (χ3n) is 2.42. The Kier molecular flexibility index (Phi) is 4.02. The predicted octanol–water partition coefficient (Wildman–Crippen LogP) is 4.63. The van der Waals surface area contributed by atoms with Crippen LogP contribution in [0, 0.1) is 6.92 Å². The van der Waals surface area contributed by atoms with Crippen LogP contribution < -0.4 is 5.32 Å². The molecule has 2 rings (SSSR count). The van der Waals surface area contributed by atoms with E-state index in [-0.39, 0.29) is 0 Å². The second-order valence-corrected chi connectivity index (χ2v) is 4.96. The molecule has 0 aliphatic carbocycles. The highest BCUT2D eigenvalue weighted by atomic mass is 79.9. The van der Waals surface area contributed by atoms with Gasteiger partial charge in [0.1, 0.15) is 5.82 Å². The van der Waals surface area contributed by atoms with Crippen molar-refractivity contribution >= 4 is 39.0 Å². The molecule has 0 saturated carbocycles. The molecule has 0 aliphatic rings. The molecule has 0 bridgehead atoms. The predicted molar refractivity (Wildman–Crippen MR) is 76.0 cm³/mol. The number of nitrogens with zero attached hydrogens (tertiary/aromatic N) is 1. The third kappa shape index (κ3) is 3.20. The van der Waals surface area contributed by atoms with Crippen molar-refractivity contribution in [2.75, 3.05) is 5.32 Å². The van der Waals surface area contributed by atoms with Gasteiger partial charge in [0.2, 0.25) is 0 Å². The fourth-order valence-corrected chi connectivity index (χ4v) is 2.11. The van der Waals surface area contributed by atoms with Gasteiger partial charge < -0.3 is 5.32 Å². The lowest BCUT2D eigenvalue weighted by Gasteiger charge is -2.09. The standard InChI is InChI=1S/C13H12BrClN2/c1-9-6-11(14)8-16-13(9)17-12-4-2-10(7-15)3-5-12/h2-6,8H,7H2,1H3,(H,16,17). The molecule has 0 radical (unpaired) electrons. The van der Waals surface area contributed by atoms with Crippen molar-refractivity contribution < 1.29 is 0 Å². The molecule has 4 heteroatoms. The topological polar surface area (TPSA) is 24.9 Å². The van der Waals surface area contributed by atoms with Gasteiger partial charge in [-0.1, -0.05) is 12.1 Å². The normalized spacial score (nSPS) is 10.3. The van der Waals surface area contributed by atoms with Crippen LogP contribution >= 0.6 is 27.5 Å². The van der Waals surface area contributed by atoms with Crippen molar-refractivity contribution in [2.45, 2.75) is 12.8 Å². The first-order valence-corrected chi connectivity index (χ1v) is 6.56. The van der Waals surface area contributed by atoms with Gasteiger partial charge in [0.05, 0.1) is 0 Å². The van der Waals surface area contributed by atoms with Crippen LogP contribution in [0.2, 0.25) is 0 Å². The number of nitrogens with one attached hydrogen (secondary N) is 1. The van der Waals surface area contributed by atoms with Crippen molar-refractivity contribution in [3.05, 3.63) is 52.1 Å². The van der Waals surface area contributed by atoms with Crippen LogP contribution in [0.25, 0.3) is 0 Å². The SMILES string of the molecule is Cc1cc(Br)cnc1Nc1ccc(CCl)cc1. The Morgan fingerprint density at radius 3 is 2.59 bits per heavy atom. The summed E-state index contributed by atoms with van der Waals surface area (Å²) in [7, 11) is 0. The Labute approximate surface area is 114 Å². The van der Waals surface area contributed by atoms with E-state index in [1.807, 2.05) is 37.3 Å². The van der Waals surface area contributed by atoms with Crippen molar-refractivity contribution in [2.24, 2.45) is 0 Å². The van der Waals surface area contributed by atoms with Gasteiger partial charge in [-0.05, 0) is 52.2 Å². The molecule has 1 aromatic heterocycles. The highest BCUT2D eigenvalue weighted by Crippen LogP contribution is 2.21. The van der Waals surface area contributed by atoms with E-state index in [1.54, 1.807) is 6.20 Å². The van der Waals surface area contributed by atoms with Crippen LogP contribution in [0.3, 0.4) is 0 Å². The second-order valence-electron chi connectivity index (χ2n) is 3.77. The number of aryl methyl sites for hydroxylation is 1. The highest BCUT2D eigenvalue weighted by Gasteiger charge is 2.01. The van der Waals surface area contributed by atoms with Crippen molar-refractivity contribution in [3.63, 3.8) is 0 Å². The number of pyridine rings is 1. The van der Waals surface area contributed by atoms with Crippen LogP contribution in [0.5, 0.6) is 0 Å². The minimum atomic E-state index is 0.538. The molecule has 2 aromatic rings. The molecule has 0 aliphatic heterocycles. The largest absolute Gasteiger partial charge is 0.340 e. The fourth-order valence-electron chi connectivity index (χ4n) is 1.49. The maximum absolute atomic E-state index is 5.74. The summed E-state index contributed by atoms with van der Waals surface area (Å²) >= 11 is 9.14. The average Bonchev–Trinajstić information content (AvgIpc) is 2.34. The number of benzene rings is 1. The Hall–Kier alpha value is -1.06. The third-order valence-corrected chi connectivity index (χ3v) is 3.16. The minimum Gasteiger partial charge on any atom is -0.340 e. The van der Waals surface area contributed by atoms with Crippen LogP contribution in [0.1, 0.15) is 11.1 Å². The zero-order valence-corrected chi connectivity index (χ0v) is 11.7. The van der Waals surface area contributed by atoms with E-state index in [9.17, 15) is 0 Å². The Bertz CT molecular complexity index is 511. The summed E-state index contributed by atoms with van der Waals surface area (Å²) in [5.74, 6) is 1.40. The molecule has 88 valence electrons. The first kappa shape index (κ1) is 12.4. The Morgan fingerprint density at radius 2 is 2.00 bits per heavy atom. The van der Waals surface area contributed by atoms with Gasteiger partial charge in [-0.25, -0.2) is 4.98 Å². The molecule has 2 nitrogen and oxygen atoms in total. The van der Waals surface area contributed by atoms with E-state index in [4.69, 9.17) is 11.6 Å². The van der Waals surface area contributed by atoms with E-state index < -0.39 is 0 Å². The van der Waals surface area contributed by atoms with Crippen molar-refractivity contribution in [3.8, 4) is 0 Å². The molecule has 0 fully saturated rings. The molecule has 1 heterocycles. The summed E-state index contributed by atoms with van der Waals surface area (Å²) in [5.41, 5.74) is 3.22. The molecule has 17 heavy (non-hydrogen) atoms. The van der Waals surface area contributed by atoms with Crippen LogP contribution in [-0.4, -0.2) is 4.98 Å². The molecular weight excluding hydrogens is 300 g/mol. The summed E-state index contributed by atoms with van der Waals surface area (Å²) in [6.07, 6.45) is 1.78. The van der Waals surface area contributed by atoms with Crippen molar-refractivity contribution in [1.29, 1.82) is 0 Å².